The molecule has 4 nitrogen and oxygen atoms in total. The van der Waals surface area contributed by atoms with Gasteiger partial charge in [0.05, 0.1) is 18.3 Å². The highest BCUT2D eigenvalue weighted by atomic mass is 19.4. The van der Waals surface area contributed by atoms with Gasteiger partial charge in [-0.1, -0.05) is 19.4 Å². The van der Waals surface area contributed by atoms with Crippen LogP contribution in [0.15, 0.2) is 24.4 Å². The Bertz CT molecular complexity index is 623. The number of nitrogens with zero attached hydrogens (tertiary/aromatic N) is 2. The molecular formula is C14H18F3N3O. The molecule has 0 bridgehead atoms. The number of hydrogen-bond donors (Lipinski definition) is 2. The van der Waals surface area contributed by atoms with Crippen LogP contribution in [0.4, 0.5) is 18.9 Å². The maximum absolute atomic E-state index is 13.0. The number of rotatable bonds is 5. The number of fused-ring (bicyclic) bond motifs is 1. The molecule has 0 aliphatic heterocycles. The van der Waals surface area contributed by atoms with Crippen molar-refractivity contribution in [2.75, 3.05) is 11.9 Å². The van der Waals surface area contributed by atoms with Gasteiger partial charge in [0.25, 0.3) is 0 Å². The van der Waals surface area contributed by atoms with E-state index >= 15 is 0 Å². The number of aryl methyl sites for hydroxylation is 1. The monoisotopic (exact) mass is 301 g/mol. The quantitative estimate of drug-likeness (QED) is 0.892. The summed E-state index contributed by atoms with van der Waals surface area (Å²) in [5, 5.41) is 17.4. The minimum atomic E-state index is -4.67. The van der Waals surface area contributed by atoms with E-state index < -0.39 is 18.3 Å². The molecule has 0 radical (unpaired) electrons. The summed E-state index contributed by atoms with van der Waals surface area (Å²) >= 11 is 0. The van der Waals surface area contributed by atoms with Gasteiger partial charge in [-0.25, -0.2) is 0 Å². The van der Waals surface area contributed by atoms with E-state index in [0.717, 1.165) is 10.9 Å². The van der Waals surface area contributed by atoms with Gasteiger partial charge in [-0.3, -0.25) is 4.68 Å². The molecule has 2 N–H and O–H groups in total. The van der Waals surface area contributed by atoms with Crippen LogP contribution in [0.2, 0.25) is 0 Å². The van der Waals surface area contributed by atoms with Crippen molar-refractivity contribution in [3.63, 3.8) is 0 Å². The summed E-state index contributed by atoms with van der Waals surface area (Å²) in [5.74, 6) is 0. The molecule has 0 fully saturated rings. The molecule has 2 rings (SSSR count). The molecule has 21 heavy (non-hydrogen) atoms. The molecule has 0 spiro atoms. The van der Waals surface area contributed by atoms with E-state index in [2.05, 4.69) is 10.4 Å². The molecule has 0 saturated heterocycles. The molecule has 0 amide bonds. The summed E-state index contributed by atoms with van der Waals surface area (Å²) in [6.45, 7) is 1.02. The zero-order valence-corrected chi connectivity index (χ0v) is 11.9. The number of anilines is 1. The molecule has 0 aliphatic rings. The van der Waals surface area contributed by atoms with Gasteiger partial charge in [-0.05, 0) is 18.6 Å². The van der Waals surface area contributed by atoms with Crippen molar-refractivity contribution < 1.29 is 18.3 Å². The lowest BCUT2D eigenvalue weighted by Crippen LogP contribution is -2.50. The average molecular weight is 301 g/mol. The fraction of sp³-hybridized carbons (Fsp3) is 0.500. The third-order valence-corrected chi connectivity index (χ3v) is 3.55. The van der Waals surface area contributed by atoms with Crippen LogP contribution in [0, 0.1) is 0 Å². The zero-order valence-electron chi connectivity index (χ0n) is 11.9. The summed E-state index contributed by atoms with van der Waals surface area (Å²) in [6, 6.07) is 5.24. The van der Waals surface area contributed by atoms with E-state index in [1.807, 2.05) is 6.07 Å². The SMILES string of the molecule is CCCC(O)(CNc1cccc2c1cnn2C)C(F)(F)F. The second-order valence-corrected chi connectivity index (χ2v) is 5.14. The molecule has 7 heteroatoms. The lowest BCUT2D eigenvalue weighted by atomic mass is 9.97. The minimum absolute atomic E-state index is 0.245. The van der Waals surface area contributed by atoms with Crippen LogP contribution in [0.3, 0.4) is 0 Å². The van der Waals surface area contributed by atoms with Crippen molar-refractivity contribution in [1.82, 2.24) is 9.78 Å². The summed E-state index contributed by atoms with van der Waals surface area (Å²) in [5.41, 5.74) is -1.39. The van der Waals surface area contributed by atoms with E-state index in [1.54, 1.807) is 37.0 Å². The lowest BCUT2D eigenvalue weighted by Gasteiger charge is -2.30. The van der Waals surface area contributed by atoms with Crippen molar-refractivity contribution >= 4 is 16.6 Å². The molecule has 0 saturated carbocycles. The van der Waals surface area contributed by atoms with Crippen molar-refractivity contribution in [1.29, 1.82) is 0 Å². The Morgan fingerprint density at radius 1 is 1.33 bits per heavy atom. The van der Waals surface area contributed by atoms with Gasteiger partial charge >= 0.3 is 6.18 Å². The molecular weight excluding hydrogens is 283 g/mol. The Kier molecular flexibility index (Phi) is 4.13. The van der Waals surface area contributed by atoms with E-state index in [1.165, 1.54) is 0 Å². The van der Waals surface area contributed by atoms with Gasteiger partial charge in [-0.15, -0.1) is 0 Å². The van der Waals surface area contributed by atoms with Gasteiger partial charge in [0, 0.05) is 18.1 Å². The maximum Gasteiger partial charge on any atom is 0.418 e. The number of nitrogens with one attached hydrogen (secondary N) is 1. The minimum Gasteiger partial charge on any atom is -0.381 e. The Morgan fingerprint density at radius 2 is 2.05 bits per heavy atom. The number of benzene rings is 1. The fourth-order valence-corrected chi connectivity index (χ4v) is 2.32. The van der Waals surface area contributed by atoms with E-state index in [-0.39, 0.29) is 12.8 Å². The van der Waals surface area contributed by atoms with Gasteiger partial charge < -0.3 is 10.4 Å². The molecule has 1 heterocycles. The second-order valence-electron chi connectivity index (χ2n) is 5.14. The zero-order chi connectivity index (χ0) is 15.7. The van der Waals surface area contributed by atoms with Crippen LogP contribution < -0.4 is 5.32 Å². The Balaban J connectivity index is 2.24. The number of aliphatic hydroxyl groups is 1. The van der Waals surface area contributed by atoms with Crippen molar-refractivity contribution in [3.8, 4) is 0 Å². The highest BCUT2D eigenvalue weighted by Gasteiger charge is 2.52. The molecule has 1 atom stereocenters. The Morgan fingerprint density at radius 3 is 2.67 bits per heavy atom. The normalized spacial score (nSPS) is 15.1. The van der Waals surface area contributed by atoms with Crippen molar-refractivity contribution in [3.05, 3.63) is 24.4 Å². The summed E-state index contributed by atoms with van der Waals surface area (Å²) < 4.78 is 40.7. The first kappa shape index (κ1) is 15.6. The third-order valence-electron chi connectivity index (χ3n) is 3.55. The standard InChI is InChI=1S/C14H18F3N3O/c1-3-7-13(21,14(15,16)17)9-18-11-5-4-6-12-10(11)8-19-20(12)2/h4-6,8,18,21H,3,7,9H2,1-2H3. The topological polar surface area (TPSA) is 50.1 Å². The van der Waals surface area contributed by atoms with E-state index in [0.29, 0.717) is 5.69 Å². The van der Waals surface area contributed by atoms with Gasteiger partial charge in [0.2, 0.25) is 0 Å². The summed E-state index contributed by atoms with van der Waals surface area (Å²) in [6.07, 6.45) is -3.18. The molecule has 2 aromatic rings. The summed E-state index contributed by atoms with van der Waals surface area (Å²) in [4.78, 5) is 0. The van der Waals surface area contributed by atoms with Crippen molar-refractivity contribution in [2.24, 2.45) is 7.05 Å². The van der Waals surface area contributed by atoms with Gasteiger partial charge in [0.1, 0.15) is 0 Å². The number of hydrogen-bond acceptors (Lipinski definition) is 3. The van der Waals surface area contributed by atoms with Crippen molar-refractivity contribution in [2.45, 2.75) is 31.5 Å². The van der Waals surface area contributed by atoms with Crippen LogP contribution in [0.1, 0.15) is 19.8 Å². The molecule has 1 aromatic carbocycles. The predicted molar refractivity (Wildman–Crippen MR) is 75.1 cm³/mol. The van der Waals surface area contributed by atoms with Crippen LogP contribution in [0.25, 0.3) is 10.9 Å². The highest BCUT2D eigenvalue weighted by Crippen LogP contribution is 2.35. The van der Waals surface area contributed by atoms with Crippen LogP contribution >= 0.6 is 0 Å². The highest BCUT2D eigenvalue weighted by molar-refractivity contribution is 5.91. The molecule has 116 valence electrons. The molecule has 0 aliphatic carbocycles. The Hall–Kier alpha value is -1.76. The van der Waals surface area contributed by atoms with E-state index in [4.69, 9.17) is 0 Å². The third kappa shape index (κ3) is 2.97. The maximum atomic E-state index is 13.0. The van der Waals surface area contributed by atoms with Gasteiger partial charge in [0.15, 0.2) is 5.60 Å². The van der Waals surface area contributed by atoms with Crippen LogP contribution in [-0.2, 0) is 7.05 Å². The van der Waals surface area contributed by atoms with Crippen LogP contribution in [0.5, 0.6) is 0 Å². The first-order chi connectivity index (χ1) is 9.78. The number of alkyl halides is 3. The predicted octanol–water partition coefficient (Wildman–Crippen LogP) is 3.08. The molecule has 1 unspecified atom stereocenters. The van der Waals surface area contributed by atoms with E-state index in [9.17, 15) is 18.3 Å². The fourth-order valence-electron chi connectivity index (χ4n) is 2.32. The van der Waals surface area contributed by atoms with Crippen LogP contribution in [-0.4, -0.2) is 33.2 Å². The average Bonchev–Trinajstić information content (AvgIpc) is 2.78. The van der Waals surface area contributed by atoms with Gasteiger partial charge in [-0.2, -0.15) is 18.3 Å². The summed E-state index contributed by atoms with van der Waals surface area (Å²) in [7, 11) is 1.76. The number of aromatic nitrogens is 2. The number of halogens is 3. The molecule has 1 aromatic heterocycles. The Labute approximate surface area is 120 Å². The first-order valence-electron chi connectivity index (χ1n) is 6.72. The largest absolute Gasteiger partial charge is 0.418 e. The first-order valence-corrected chi connectivity index (χ1v) is 6.72. The smallest absolute Gasteiger partial charge is 0.381 e. The second kappa shape index (κ2) is 5.55. The lowest BCUT2D eigenvalue weighted by molar-refractivity contribution is -0.256.